The second kappa shape index (κ2) is 9.04. The molecule has 0 spiro atoms. The molecule has 7 nitrogen and oxygen atoms in total. The molecule has 0 saturated carbocycles. The number of rotatable bonds is 6. The monoisotopic (exact) mass is 444 g/mol. The molecule has 10 heteroatoms. The zero-order chi connectivity index (χ0) is 23.5. The standard InChI is InChI=1S/C22H19F3N4O3/c1-14-11-15(2)28(27-14)19-9-6-17(20(12-19)22(23,24)25)13-26-21(30)10-5-16-3-7-18(8-4-16)29(31)32/h3-12H,13H2,1-2H3,(H,26,30)/b10-5+. The molecule has 3 aromatic rings. The number of hydrogen-bond donors (Lipinski definition) is 1. The molecule has 0 aliphatic rings. The number of aromatic nitrogens is 2. The Bertz CT molecular complexity index is 1180. The summed E-state index contributed by atoms with van der Waals surface area (Å²) in [6, 6.07) is 11.1. The number of halogens is 3. The summed E-state index contributed by atoms with van der Waals surface area (Å²) in [7, 11) is 0. The summed E-state index contributed by atoms with van der Waals surface area (Å²) in [5.74, 6) is -0.598. The number of carbonyl (C=O) groups is 1. The maximum Gasteiger partial charge on any atom is 0.416 e. The van der Waals surface area contributed by atoms with Crippen LogP contribution < -0.4 is 5.32 Å². The van der Waals surface area contributed by atoms with Crippen LogP contribution >= 0.6 is 0 Å². The third-order valence-corrected chi connectivity index (χ3v) is 4.64. The van der Waals surface area contributed by atoms with Crippen LogP contribution in [0.2, 0.25) is 0 Å². The molecule has 2 aromatic carbocycles. The Labute approximate surface area is 181 Å². The smallest absolute Gasteiger partial charge is 0.348 e. The number of carbonyl (C=O) groups excluding carboxylic acids is 1. The summed E-state index contributed by atoms with van der Waals surface area (Å²) in [6.07, 6.45) is -2.05. The lowest BCUT2D eigenvalue weighted by Gasteiger charge is -2.15. The lowest BCUT2D eigenvalue weighted by Crippen LogP contribution is -2.23. The number of nitrogens with one attached hydrogen (secondary N) is 1. The van der Waals surface area contributed by atoms with Gasteiger partial charge in [0, 0.05) is 30.4 Å². The maximum atomic E-state index is 13.6. The average molecular weight is 444 g/mol. The normalized spacial score (nSPS) is 11.7. The number of nitrogens with zero attached hydrogens (tertiary/aromatic N) is 3. The van der Waals surface area contributed by atoms with Crippen molar-refractivity contribution in [1.82, 2.24) is 15.1 Å². The van der Waals surface area contributed by atoms with Gasteiger partial charge in [0.05, 0.1) is 21.9 Å². The van der Waals surface area contributed by atoms with Crippen molar-refractivity contribution in [1.29, 1.82) is 0 Å². The van der Waals surface area contributed by atoms with E-state index in [1.165, 1.54) is 47.2 Å². The number of aryl methyl sites for hydroxylation is 2. The molecular formula is C22H19F3N4O3. The van der Waals surface area contributed by atoms with E-state index >= 15 is 0 Å². The number of non-ortho nitro benzene ring substituents is 1. The van der Waals surface area contributed by atoms with E-state index in [9.17, 15) is 28.1 Å². The van der Waals surface area contributed by atoms with Crippen molar-refractivity contribution in [3.63, 3.8) is 0 Å². The summed E-state index contributed by atoms with van der Waals surface area (Å²) >= 11 is 0. The van der Waals surface area contributed by atoms with Crippen LogP contribution in [0.15, 0.2) is 54.6 Å². The van der Waals surface area contributed by atoms with Crippen LogP contribution in [-0.2, 0) is 17.5 Å². The van der Waals surface area contributed by atoms with Crippen molar-refractivity contribution in [3.8, 4) is 5.69 Å². The Morgan fingerprint density at radius 2 is 1.84 bits per heavy atom. The second-order valence-electron chi connectivity index (χ2n) is 7.08. The summed E-state index contributed by atoms with van der Waals surface area (Å²) in [4.78, 5) is 22.2. The van der Waals surface area contributed by atoms with Crippen LogP contribution in [0.25, 0.3) is 11.8 Å². The highest BCUT2D eigenvalue weighted by Crippen LogP contribution is 2.33. The minimum atomic E-state index is -4.61. The number of benzene rings is 2. The summed E-state index contributed by atoms with van der Waals surface area (Å²) in [5.41, 5.74) is 1.17. The lowest BCUT2D eigenvalue weighted by molar-refractivity contribution is -0.384. The van der Waals surface area contributed by atoms with Gasteiger partial charge in [0.1, 0.15) is 0 Å². The van der Waals surface area contributed by atoms with Crippen LogP contribution in [0.3, 0.4) is 0 Å². The molecule has 0 atom stereocenters. The zero-order valence-corrected chi connectivity index (χ0v) is 17.2. The van der Waals surface area contributed by atoms with Crippen molar-refractivity contribution in [2.45, 2.75) is 26.6 Å². The Morgan fingerprint density at radius 1 is 1.16 bits per heavy atom. The number of alkyl halides is 3. The molecule has 0 unspecified atom stereocenters. The average Bonchev–Trinajstić information content (AvgIpc) is 3.08. The summed E-state index contributed by atoms with van der Waals surface area (Å²) in [5, 5.41) is 17.3. The first-order valence-electron chi connectivity index (χ1n) is 9.49. The molecule has 0 bridgehead atoms. The van der Waals surface area contributed by atoms with Crippen molar-refractivity contribution in [2.75, 3.05) is 0 Å². The van der Waals surface area contributed by atoms with E-state index in [2.05, 4.69) is 10.4 Å². The van der Waals surface area contributed by atoms with E-state index in [-0.39, 0.29) is 23.5 Å². The van der Waals surface area contributed by atoms with Crippen LogP contribution in [-0.4, -0.2) is 20.6 Å². The third kappa shape index (κ3) is 5.39. The van der Waals surface area contributed by atoms with Crippen molar-refractivity contribution >= 4 is 17.7 Å². The molecule has 3 rings (SSSR count). The predicted molar refractivity (Wildman–Crippen MR) is 112 cm³/mol. The molecular weight excluding hydrogens is 425 g/mol. The number of amides is 1. The Hall–Kier alpha value is -3.95. The van der Waals surface area contributed by atoms with Crippen molar-refractivity contribution < 1.29 is 22.9 Å². The van der Waals surface area contributed by atoms with Gasteiger partial charge in [-0.3, -0.25) is 14.9 Å². The highest BCUT2D eigenvalue weighted by Gasteiger charge is 2.33. The quantitative estimate of drug-likeness (QED) is 0.338. The van der Waals surface area contributed by atoms with Gasteiger partial charge in [0.2, 0.25) is 5.91 Å². The van der Waals surface area contributed by atoms with E-state index in [0.717, 1.165) is 12.1 Å². The fourth-order valence-electron chi connectivity index (χ4n) is 3.12. The van der Waals surface area contributed by atoms with Gasteiger partial charge in [-0.15, -0.1) is 0 Å². The highest BCUT2D eigenvalue weighted by atomic mass is 19.4. The molecule has 1 heterocycles. The van der Waals surface area contributed by atoms with Crippen LogP contribution in [0.1, 0.15) is 28.1 Å². The molecule has 0 fully saturated rings. The van der Waals surface area contributed by atoms with E-state index in [4.69, 9.17) is 0 Å². The van der Waals surface area contributed by atoms with E-state index in [1.807, 2.05) is 0 Å². The summed E-state index contributed by atoms with van der Waals surface area (Å²) in [6.45, 7) is 3.18. The van der Waals surface area contributed by atoms with Crippen LogP contribution in [0.5, 0.6) is 0 Å². The lowest BCUT2D eigenvalue weighted by atomic mass is 10.1. The number of hydrogen-bond acceptors (Lipinski definition) is 4. The number of nitro benzene ring substituents is 1. The van der Waals surface area contributed by atoms with Crippen molar-refractivity contribution in [3.05, 3.63) is 92.8 Å². The van der Waals surface area contributed by atoms with Gasteiger partial charge in [-0.2, -0.15) is 18.3 Å². The van der Waals surface area contributed by atoms with Gasteiger partial charge in [0.15, 0.2) is 0 Å². The van der Waals surface area contributed by atoms with Gasteiger partial charge in [-0.25, -0.2) is 4.68 Å². The molecule has 1 N–H and O–H groups in total. The Kier molecular flexibility index (Phi) is 6.42. The molecule has 0 aliphatic carbocycles. The zero-order valence-electron chi connectivity index (χ0n) is 17.2. The van der Waals surface area contributed by atoms with E-state index in [0.29, 0.717) is 17.0 Å². The van der Waals surface area contributed by atoms with E-state index in [1.54, 1.807) is 19.9 Å². The molecule has 166 valence electrons. The van der Waals surface area contributed by atoms with E-state index < -0.39 is 22.6 Å². The molecule has 1 amide bonds. The molecule has 0 aliphatic heterocycles. The van der Waals surface area contributed by atoms with Gasteiger partial charge in [-0.05, 0) is 61.4 Å². The second-order valence-corrected chi connectivity index (χ2v) is 7.08. The molecule has 32 heavy (non-hydrogen) atoms. The van der Waals surface area contributed by atoms with Crippen LogP contribution in [0.4, 0.5) is 18.9 Å². The first kappa shape index (κ1) is 22.7. The predicted octanol–water partition coefficient (Wildman–Crippen LogP) is 4.75. The first-order chi connectivity index (χ1) is 15.0. The topological polar surface area (TPSA) is 90.1 Å². The fraction of sp³-hybridized carbons (Fsp3) is 0.182. The fourth-order valence-corrected chi connectivity index (χ4v) is 3.12. The summed E-state index contributed by atoms with van der Waals surface area (Å²) < 4.78 is 42.3. The molecule has 0 saturated heterocycles. The Balaban J connectivity index is 1.74. The minimum Gasteiger partial charge on any atom is -0.348 e. The van der Waals surface area contributed by atoms with Crippen LogP contribution in [0, 0.1) is 24.0 Å². The SMILES string of the molecule is Cc1cc(C)n(-c2ccc(CNC(=O)/C=C/c3ccc([N+](=O)[O-])cc3)c(C(F)(F)F)c2)n1. The highest BCUT2D eigenvalue weighted by molar-refractivity contribution is 5.91. The van der Waals surface area contributed by atoms with Crippen molar-refractivity contribution in [2.24, 2.45) is 0 Å². The van der Waals surface area contributed by atoms with Gasteiger partial charge < -0.3 is 5.32 Å². The maximum absolute atomic E-state index is 13.6. The third-order valence-electron chi connectivity index (χ3n) is 4.64. The largest absolute Gasteiger partial charge is 0.416 e. The Morgan fingerprint density at radius 3 is 2.41 bits per heavy atom. The first-order valence-corrected chi connectivity index (χ1v) is 9.49. The van der Waals surface area contributed by atoms with Gasteiger partial charge in [-0.1, -0.05) is 6.07 Å². The molecule has 0 radical (unpaired) electrons. The number of nitro groups is 1. The molecule has 1 aromatic heterocycles. The minimum absolute atomic E-state index is 0.0835. The van der Waals surface area contributed by atoms with Gasteiger partial charge in [0.25, 0.3) is 5.69 Å². The van der Waals surface area contributed by atoms with Gasteiger partial charge >= 0.3 is 6.18 Å².